The molecule has 0 aliphatic rings. The number of rotatable bonds is 8. The van der Waals surface area contributed by atoms with E-state index in [1.807, 2.05) is 27.8 Å². The van der Waals surface area contributed by atoms with Crippen LogP contribution in [0.1, 0.15) is 32.4 Å². The van der Waals surface area contributed by atoms with Gasteiger partial charge in [0.2, 0.25) is 0 Å². The Morgan fingerprint density at radius 1 is 1.21 bits per heavy atom. The van der Waals surface area contributed by atoms with Crippen LogP contribution in [0.3, 0.4) is 0 Å². The van der Waals surface area contributed by atoms with Gasteiger partial charge in [0.15, 0.2) is 13.1 Å². The third kappa shape index (κ3) is 6.30. The van der Waals surface area contributed by atoms with E-state index < -0.39 is 0 Å². The summed E-state index contributed by atoms with van der Waals surface area (Å²) >= 11 is 12.0. The van der Waals surface area contributed by atoms with Gasteiger partial charge in [-0.2, -0.15) is 0 Å². The van der Waals surface area contributed by atoms with Crippen LogP contribution in [0.5, 0.6) is 0 Å². The van der Waals surface area contributed by atoms with Crippen LogP contribution in [0.4, 0.5) is 0 Å². The number of carbonyl (C=O) groups excluding carboxylic acids is 2. The van der Waals surface area contributed by atoms with Gasteiger partial charge in [0, 0.05) is 23.1 Å². The second kappa shape index (κ2) is 9.87. The molecule has 1 aromatic rings. The molecule has 0 radical (unpaired) electrons. The van der Waals surface area contributed by atoms with Crippen LogP contribution >= 0.6 is 23.2 Å². The SMILES string of the molecule is CCN(CC)C(=O)C[NH+](C)CC(=O)N[C@@H](C)c1ccc(Cl)cc1Cl. The maximum Gasteiger partial charge on any atom is 0.277 e. The first-order chi connectivity index (χ1) is 11.3. The van der Waals surface area contributed by atoms with Crippen molar-refractivity contribution in [3.05, 3.63) is 33.8 Å². The Morgan fingerprint density at radius 2 is 1.83 bits per heavy atom. The Labute approximate surface area is 153 Å². The molecule has 2 N–H and O–H groups in total. The van der Waals surface area contributed by atoms with E-state index >= 15 is 0 Å². The van der Waals surface area contributed by atoms with E-state index in [0.29, 0.717) is 29.7 Å². The van der Waals surface area contributed by atoms with Gasteiger partial charge in [-0.3, -0.25) is 9.59 Å². The number of amides is 2. The molecule has 0 spiro atoms. The summed E-state index contributed by atoms with van der Waals surface area (Å²) in [7, 11) is 1.83. The lowest BCUT2D eigenvalue weighted by molar-refractivity contribution is -0.863. The van der Waals surface area contributed by atoms with Crippen molar-refractivity contribution >= 4 is 35.0 Å². The zero-order valence-electron chi connectivity index (χ0n) is 14.7. The smallest absolute Gasteiger partial charge is 0.277 e. The zero-order chi connectivity index (χ0) is 18.3. The summed E-state index contributed by atoms with van der Waals surface area (Å²) in [4.78, 5) is 26.8. The predicted molar refractivity (Wildman–Crippen MR) is 97.6 cm³/mol. The standard InChI is InChI=1S/C17H25Cl2N3O2/c1-5-22(6-2)17(24)11-21(4)10-16(23)20-12(3)14-8-7-13(18)9-15(14)19/h7-9,12H,5-6,10-11H2,1-4H3,(H,20,23)/p+1/t12-/m0/s1. The fourth-order valence-corrected chi connectivity index (χ4v) is 3.08. The van der Waals surface area contributed by atoms with Gasteiger partial charge in [0.1, 0.15) is 0 Å². The summed E-state index contributed by atoms with van der Waals surface area (Å²) in [6.45, 7) is 7.64. The highest BCUT2D eigenvalue weighted by molar-refractivity contribution is 6.35. The summed E-state index contributed by atoms with van der Waals surface area (Å²) in [5.41, 5.74) is 0.811. The second-order valence-electron chi connectivity index (χ2n) is 5.83. The van der Waals surface area contributed by atoms with Gasteiger partial charge < -0.3 is 15.1 Å². The van der Waals surface area contributed by atoms with Crippen molar-refractivity contribution in [3.8, 4) is 0 Å². The van der Waals surface area contributed by atoms with E-state index in [0.717, 1.165) is 10.5 Å². The highest BCUT2D eigenvalue weighted by Crippen LogP contribution is 2.25. The summed E-state index contributed by atoms with van der Waals surface area (Å²) < 4.78 is 0. The first-order valence-corrected chi connectivity index (χ1v) is 8.87. The number of carbonyl (C=O) groups is 2. The Hall–Kier alpha value is -1.30. The number of halogens is 2. The number of nitrogens with one attached hydrogen (secondary N) is 2. The van der Waals surface area contributed by atoms with Crippen LogP contribution in [0.25, 0.3) is 0 Å². The van der Waals surface area contributed by atoms with Crippen molar-refractivity contribution in [2.75, 3.05) is 33.2 Å². The molecule has 1 unspecified atom stereocenters. The summed E-state index contributed by atoms with van der Waals surface area (Å²) in [5.74, 6) is -0.0718. The monoisotopic (exact) mass is 374 g/mol. The highest BCUT2D eigenvalue weighted by Gasteiger charge is 2.19. The van der Waals surface area contributed by atoms with Crippen molar-refractivity contribution < 1.29 is 14.5 Å². The van der Waals surface area contributed by atoms with Gasteiger partial charge in [0.05, 0.1) is 13.1 Å². The average molecular weight is 375 g/mol. The molecule has 0 aliphatic carbocycles. The van der Waals surface area contributed by atoms with E-state index in [-0.39, 0.29) is 24.4 Å². The summed E-state index contributed by atoms with van der Waals surface area (Å²) in [6.07, 6.45) is 0. The molecule has 5 nitrogen and oxygen atoms in total. The van der Waals surface area contributed by atoms with E-state index in [1.54, 1.807) is 23.1 Å². The molecule has 2 amide bonds. The maximum atomic E-state index is 12.2. The molecule has 0 saturated heterocycles. The summed E-state index contributed by atoms with van der Waals surface area (Å²) in [6, 6.07) is 4.97. The minimum absolute atomic E-state index is 0.0547. The predicted octanol–water partition coefficient (Wildman–Crippen LogP) is 1.55. The van der Waals surface area contributed by atoms with Gasteiger partial charge in [-0.1, -0.05) is 29.3 Å². The number of quaternary nitrogens is 1. The molecule has 0 aromatic heterocycles. The molecule has 7 heteroatoms. The Balaban J connectivity index is 2.54. The van der Waals surface area contributed by atoms with E-state index in [1.165, 1.54) is 0 Å². The maximum absolute atomic E-state index is 12.2. The number of benzene rings is 1. The lowest BCUT2D eigenvalue weighted by Crippen LogP contribution is -3.11. The molecule has 24 heavy (non-hydrogen) atoms. The van der Waals surface area contributed by atoms with Crippen LogP contribution in [-0.4, -0.2) is 49.9 Å². The molecule has 0 saturated carbocycles. The Bertz CT molecular complexity index is 577. The average Bonchev–Trinajstić information content (AvgIpc) is 2.47. The van der Waals surface area contributed by atoms with E-state index in [4.69, 9.17) is 23.2 Å². The van der Waals surface area contributed by atoms with Crippen molar-refractivity contribution in [2.45, 2.75) is 26.8 Å². The number of hydrogen-bond acceptors (Lipinski definition) is 2. The molecule has 2 atom stereocenters. The minimum atomic E-state index is -0.228. The second-order valence-corrected chi connectivity index (χ2v) is 6.68. The quantitative estimate of drug-likeness (QED) is 0.725. The number of hydrogen-bond donors (Lipinski definition) is 2. The van der Waals surface area contributed by atoms with Gasteiger partial charge in [0.25, 0.3) is 11.8 Å². The fraction of sp³-hybridized carbons (Fsp3) is 0.529. The fourth-order valence-electron chi connectivity index (χ4n) is 2.51. The van der Waals surface area contributed by atoms with Crippen molar-refractivity contribution in [1.29, 1.82) is 0 Å². The van der Waals surface area contributed by atoms with E-state index in [9.17, 15) is 9.59 Å². The Morgan fingerprint density at radius 3 is 2.38 bits per heavy atom. The van der Waals surface area contributed by atoms with Gasteiger partial charge in [-0.15, -0.1) is 0 Å². The normalized spacial score (nSPS) is 13.2. The molecular weight excluding hydrogens is 349 g/mol. The lowest BCUT2D eigenvalue weighted by atomic mass is 10.1. The van der Waals surface area contributed by atoms with Crippen LogP contribution in [0, 0.1) is 0 Å². The molecule has 0 aliphatic heterocycles. The third-order valence-electron chi connectivity index (χ3n) is 3.84. The van der Waals surface area contributed by atoms with Crippen LogP contribution in [0.2, 0.25) is 10.0 Å². The van der Waals surface area contributed by atoms with Crippen molar-refractivity contribution in [2.24, 2.45) is 0 Å². The van der Waals surface area contributed by atoms with E-state index in [2.05, 4.69) is 5.32 Å². The van der Waals surface area contributed by atoms with Crippen molar-refractivity contribution in [1.82, 2.24) is 10.2 Å². The zero-order valence-corrected chi connectivity index (χ0v) is 16.2. The first kappa shape index (κ1) is 20.7. The third-order valence-corrected chi connectivity index (χ3v) is 4.40. The number of likely N-dealkylation sites (N-methyl/N-ethyl adjacent to an activating group) is 2. The van der Waals surface area contributed by atoms with Crippen LogP contribution in [0.15, 0.2) is 18.2 Å². The lowest BCUT2D eigenvalue weighted by Gasteiger charge is -2.21. The molecule has 1 aromatic carbocycles. The molecular formula is C17H26Cl2N3O2+. The summed E-state index contributed by atoms with van der Waals surface area (Å²) in [5, 5.41) is 3.98. The topological polar surface area (TPSA) is 53.9 Å². The van der Waals surface area contributed by atoms with Gasteiger partial charge >= 0.3 is 0 Å². The van der Waals surface area contributed by atoms with Crippen molar-refractivity contribution in [3.63, 3.8) is 0 Å². The molecule has 0 heterocycles. The molecule has 0 fully saturated rings. The van der Waals surface area contributed by atoms with Crippen LogP contribution in [-0.2, 0) is 9.59 Å². The Kier molecular flexibility index (Phi) is 8.53. The molecule has 0 bridgehead atoms. The van der Waals surface area contributed by atoms with Gasteiger partial charge in [-0.05, 0) is 38.5 Å². The first-order valence-electron chi connectivity index (χ1n) is 8.11. The molecule has 1 rings (SSSR count). The molecule has 134 valence electrons. The van der Waals surface area contributed by atoms with Gasteiger partial charge in [-0.25, -0.2) is 0 Å². The number of nitrogens with zero attached hydrogens (tertiary/aromatic N) is 1. The van der Waals surface area contributed by atoms with Crippen LogP contribution < -0.4 is 10.2 Å². The largest absolute Gasteiger partial charge is 0.345 e. The highest BCUT2D eigenvalue weighted by atomic mass is 35.5. The minimum Gasteiger partial charge on any atom is -0.345 e.